The molecule has 3 amide bonds. The van der Waals surface area contributed by atoms with Gasteiger partial charge in [-0.25, -0.2) is 9.69 Å². The van der Waals surface area contributed by atoms with Crippen LogP contribution in [0.5, 0.6) is 11.5 Å². The van der Waals surface area contributed by atoms with Gasteiger partial charge in [-0.3, -0.25) is 9.59 Å². The van der Waals surface area contributed by atoms with Crippen LogP contribution in [0.15, 0.2) is 42.5 Å². The lowest BCUT2D eigenvalue weighted by Gasteiger charge is -2.34. The maximum absolute atomic E-state index is 13.8. The molecule has 0 spiro atoms. The lowest BCUT2D eigenvalue weighted by molar-refractivity contribution is -0.154. The maximum Gasteiger partial charge on any atom is 0.416 e. The normalized spacial score (nSPS) is 26.8. The van der Waals surface area contributed by atoms with Gasteiger partial charge in [0, 0.05) is 17.5 Å². The molecule has 36 heavy (non-hydrogen) atoms. The van der Waals surface area contributed by atoms with Gasteiger partial charge in [0.2, 0.25) is 0 Å². The van der Waals surface area contributed by atoms with E-state index in [1.165, 1.54) is 18.9 Å². The van der Waals surface area contributed by atoms with Crippen molar-refractivity contribution in [3.05, 3.63) is 53.6 Å². The first-order valence-electron chi connectivity index (χ1n) is 11.4. The molecule has 11 heteroatoms. The van der Waals surface area contributed by atoms with Gasteiger partial charge >= 0.3 is 18.2 Å². The average molecular weight is 504 g/mol. The summed E-state index contributed by atoms with van der Waals surface area (Å²) >= 11 is 0. The van der Waals surface area contributed by atoms with Crippen molar-refractivity contribution < 1.29 is 41.8 Å². The van der Waals surface area contributed by atoms with Crippen molar-refractivity contribution >= 4 is 23.6 Å². The van der Waals surface area contributed by atoms with Crippen LogP contribution in [0.4, 0.5) is 23.7 Å². The van der Waals surface area contributed by atoms with Gasteiger partial charge in [0.15, 0.2) is 0 Å². The molecule has 190 valence electrons. The second-order valence-electron chi connectivity index (χ2n) is 9.04. The Morgan fingerprint density at radius 1 is 1.17 bits per heavy atom. The predicted molar refractivity (Wildman–Crippen MR) is 119 cm³/mol. The molecule has 8 nitrogen and oxygen atoms in total. The summed E-state index contributed by atoms with van der Waals surface area (Å²) in [7, 11) is 1.50. The van der Waals surface area contributed by atoms with Crippen LogP contribution in [0, 0.1) is 11.8 Å². The summed E-state index contributed by atoms with van der Waals surface area (Å²) in [6.45, 7) is 3.27. The standard InChI is InChI=1S/C25H23F3N2O6/c1-4-35-21(31)19-17-12-36-18-11-15(34-3)9-10-16(18)20(17)30-23(33)29(22(32)24(19,30)2)14-7-5-13(6-8-14)25(26,27)28/h5-11,17,19-20H,4,12H2,1-3H3/t17-,19+,20-,24+/m1/s1. The number of imide groups is 1. The van der Waals surface area contributed by atoms with E-state index in [-0.39, 0.29) is 18.9 Å². The Bertz CT molecular complexity index is 1250. The SMILES string of the molecule is CCOC(=O)[C@@H]1[C@H]2COc3cc(OC)ccc3[C@H]2N2C(=O)N(c3ccc(C(F)(F)F)cc3)C(=O)[C@]12C. The Morgan fingerprint density at radius 2 is 1.86 bits per heavy atom. The maximum atomic E-state index is 13.8. The highest BCUT2D eigenvalue weighted by atomic mass is 19.4. The Kier molecular flexibility index (Phi) is 5.42. The fraction of sp³-hybridized carbons (Fsp3) is 0.400. The highest BCUT2D eigenvalue weighted by Gasteiger charge is 2.72. The Hall–Kier alpha value is -3.76. The van der Waals surface area contributed by atoms with E-state index < -0.39 is 53.1 Å². The number of ether oxygens (including phenoxy) is 3. The average Bonchev–Trinajstić information content (AvgIpc) is 3.23. The molecule has 2 fully saturated rings. The van der Waals surface area contributed by atoms with Gasteiger partial charge in [-0.2, -0.15) is 13.2 Å². The lowest BCUT2D eigenvalue weighted by atomic mass is 9.77. The molecule has 2 aromatic rings. The number of nitrogens with zero attached hydrogens (tertiary/aromatic N) is 2. The fourth-order valence-electron chi connectivity index (χ4n) is 5.62. The number of anilines is 1. The van der Waals surface area contributed by atoms with E-state index in [9.17, 15) is 27.6 Å². The number of methoxy groups -OCH3 is 1. The van der Waals surface area contributed by atoms with E-state index in [0.717, 1.165) is 29.2 Å². The number of benzene rings is 2. The summed E-state index contributed by atoms with van der Waals surface area (Å²) in [5, 5.41) is 0. The second kappa shape index (κ2) is 8.14. The van der Waals surface area contributed by atoms with Gasteiger partial charge in [-0.1, -0.05) is 0 Å². The van der Waals surface area contributed by atoms with E-state index in [2.05, 4.69) is 0 Å². The first-order chi connectivity index (χ1) is 17.0. The Labute approximate surface area is 204 Å². The first kappa shape index (κ1) is 24.0. The van der Waals surface area contributed by atoms with E-state index in [1.807, 2.05) is 0 Å². The van der Waals surface area contributed by atoms with Crippen molar-refractivity contribution in [1.82, 2.24) is 4.90 Å². The number of halogens is 3. The molecule has 2 saturated heterocycles. The molecule has 3 heterocycles. The molecule has 3 aliphatic rings. The summed E-state index contributed by atoms with van der Waals surface area (Å²) in [6, 6.07) is 7.41. The van der Waals surface area contributed by atoms with E-state index >= 15 is 0 Å². The molecule has 0 radical (unpaired) electrons. The number of rotatable bonds is 4. The molecule has 0 bridgehead atoms. The molecule has 4 atom stereocenters. The van der Waals surface area contributed by atoms with Gasteiger partial charge in [-0.05, 0) is 50.2 Å². The van der Waals surface area contributed by atoms with Crippen LogP contribution in [-0.2, 0) is 20.5 Å². The van der Waals surface area contributed by atoms with E-state index in [1.54, 1.807) is 25.1 Å². The number of esters is 1. The minimum absolute atomic E-state index is 0.0187. The van der Waals surface area contributed by atoms with Crippen LogP contribution in [0.2, 0.25) is 0 Å². The molecule has 2 aromatic carbocycles. The topological polar surface area (TPSA) is 85.4 Å². The fourth-order valence-corrected chi connectivity index (χ4v) is 5.62. The number of carbonyl (C=O) groups excluding carboxylic acids is 3. The largest absolute Gasteiger partial charge is 0.497 e. The number of fused-ring (bicyclic) bond motifs is 5. The number of hydrogen-bond acceptors (Lipinski definition) is 6. The number of amides is 3. The molecule has 0 aliphatic carbocycles. The molecule has 0 aromatic heterocycles. The predicted octanol–water partition coefficient (Wildman–Crippen LogP) is 4.18. The van der Waals surface area contributed by atoms with Crippen LogP contribution in [-0.4, -0.2) is 48.7 Å². The van der Waals surface area contributed by atoms with Gasteiger partial charge in [0.05, 0.1) is 43.5 Å². The summed E-state index contributed by atoms with van der Waals surface area (Å²) in [6.07, 6.45) is -4.57. The van der Waals surface area contributed by atoms with Crippen LogP contribution in [0.1, 0.15) is 31.0 Å². The van der Waals surface area contributed by atoms with Gasteiger partial charge in [0.1, 0.15) is 17.0 Å². The summed E-state index contributed by atoms with van der Waals surface area (Å²) in [5.41, 5.74) is -1.96. The Morgan fingerprint density at radius 3 is 2.47 bits per heavy atom. The van der Waals surface area contributed by atoms with Gasteiger partial charge in [-0.15, -0.1) is 0 Å². The molecular weight excluding hydrogens is 481 g/mol. The van der Waals surface area contributed by atoms with Crippen molar-refractivity contribution in [2.75, 3.05) is 25.2 Å². The summed E-state index contributed by atoms with van der Waals surface area (Å²) in [4.78, 5) is 43.0. The van der Waals surface area contributed by atoms with Crippen molar-refractivity contribution in [2.45, 2.75) is 31.6 Å². The minimum Gasteiger partial charge on any atom is -0.497 e. The van der Waals surface area contributed by atoms with Crippen molar-refractivity contribution in [3.63, 3.8) is 0 Å². The minimum atomic E-state index is -4.57. The molecular formula is C25H23F3N2O6. The van der Waals surface area contributed by atoms with Gasteiger partial charge < -0.3 is 19.1 Å². The van der Waals surface area contributed by atoms with Crippen LogP contribution in [0.3, 0.4) is 0 Å². The zero-order chi connectivity index (χ0) is 26.0. The molecule has 3 aliphatic heterocycles. The summed E-state index contributed by atoms with van der Waals surface area (Å²) < 4.78 is 55.7. The van der Waals surface area contributed by atoms with Crippen LogP contribution >= 0.6 is 0 Å². The monoisotopic (exact) mass is 504 g/mol. The number of alkyl halides is 3. The van der Waals surface area contributed by atoms with Gasteiger partial charge in [0.25, 0.3) is 5.91 Å². The number of hydrogen-bond donors (Lipinski definition) is 0. The third-order valence-corrected chi connectivity index (χ3v) is 7.22. The molecule has 0 N–H and O–H groups in total. The van der Waals surface area contributed by atoms with Crippen LogP contribution in [0.25, 0.3) is 0 Å². The number of carbonyl (C=O) groups is 3. The molecule has 0 unspecified atom stereocenters. The highest BCUT2D eigenvalue weighted by molar-refractivity contribution is 6.24. The molecule has 0 saturated carbocycles. The zero-order valence-corrected chi connectivity index (χ0v) is 19.7. The molecule has 5 rings (SSSR count). The zero-order valence-electron chi connectivity index (χ0n) is 19.7. The number of urea groups is 1. The third-order valence-electron chi connectivity index (χ3n) is 7.22. The third kappa shape index (κ3) is 3.25. The van der Waals surface area contributed by atoms with E-state index in [4.69, 9.17) is 14.2 Å². The Balaban J connectivity index is 1.63. The quantitative estimate of drug-likeness (QED) is 0.459. The summed E-state index contributed by atoms with van der Waals surface area (Å²) in [5.74, 6) is -1.99. The lowest BCUT2D eigenvalue weighted by Crippen LogP contribution is -2.51. The van der Waals surface area contributed by atoms with E-state index in [0.29, 0.717) is 17.1 Å². The van der Waals surface area contributed by atoms with Crippen molar-refractivity contribution in [2.24, 2.45) is 11.8 Å². The van der Waals surface area contributed by atoms with Crippen molar-refractivity contribution in [1.29, 1.82) is 0 Å². The van der Waals surface area contributed by atoms with Crippen molar-refractivity contribution in [3.8, 4) is 11.5 Å². The smallest absolute Gasteiger partial charge is 0.416 e. The second-order valence-corrected chi connectivity index (χ2v) is 9.04. The first-order valence-corrected chi connectivity index (χ1v) is 11.4. The highest BCUT2D eigenvalue weighted by Crippen LogP contribution is 2.58. The van der Waals surface area contributed by atoms with Crippen LogP contribution < -0.4 is 14.4 Å².